The van der Waals surface area contributed by atoms with Gasteiger partial charge in [0.15, 0.2) is 0 Å². The Hall–Kier alpha value is -8.01. The molecule has 0 radical (unpaired) electrons. The number of fused-ring (bicyclic) bond motifs is 6. The second kappa shape index (κ2) is 13.8. The number of aromatic nitrogens is 2. The molecule has 0 fully saturated rings. The van der Waals surface area contributed by atoms with E-state index in [9.17, 15) is 0 Å². The van der Waals surface area contributed by atoms with Crippen LogP contribution in [0.4, 0.5) is 0 Å². The molecule has 286 valence electrons. The van der Waals surface area contributed by atoms with Gasteiger partial charge in [0.2, 0.25) is 0 Å². The summed E-state index contributed by atoms with van der Waals surface area (Å²) in [5.41, 5.74) is 17.9. The Morgan fingerprint density at radius 3 is 1.54 bits per heavy atom. The molecule has 2 heterocycles. The number of hydrogen-bond donors (Lipinski definition) is 0. The van der Waals surface area contributed by atoms with E-state index in [-0.39, 0.29) is 0 Å². The van der Waals surface area contributed by atoms with Crippen molar-refractivity contribution in [3.8, 4) is 22.5 Å². The second-order valence-corrected chi connectivity index (χ2v) is 16.0. The van der Waals surface area contributed by atoms with Gasteiger partial charge in [0, 0.05) is 44.1 Å². The summed E-state index contributed by atoms with van der Waals surface area (Å²) in [6.07, 6.45) is 0. The first kappa shape index (κ1) is 35.0. The molecular formula is C58H39N3. The van der Waals surface area contributed by atoms with Crippen molar-refractivity contribution in [1.82, 2.24) is 9.13 Å². The third-order valence-electron chi connectivity index (χ3n) is 12.6. The summed E-state index contributed by atoms with van der Waals surface area (Å²) in [4.78, 5) is 5.45. The average Bonchev–Trinajstić information content (AvgIpc) is 3.95. The maximum absolute atomic E-state index is 5.45. The largest absolute Gasteiger partial charge is 0.309 e. The Bertz CT molecular complexity index is 3650. The quantitative estimate of drug-likeness (QED) is 0.144. The highest BCUT2D eigenvalue weighted by atomic mass is 15.0. The van der Waals surface area contributed by atoms with Gasteiger partial charge < -0.3 is 9.13 Å². The van der Waals surface area contributed by atoms with Crippen LogP contribution < -0.4 is 0 Å². The van der Waals surface area contributed by atoms with Gasteiger partial charge in [-0.15, -0.1) is 0 Å². The molecule has 1 aliphatic rings. The molecule has 11 aromatic rings. The van der Waals surface area contributed by atoms with Crippen LogP contribution in [0.5, 0.6) is 0 Å². The number of nitrogens with zero attached hydrogens (tertiary/aromatic N) is 3. The predicted octanol–water partition coefficient (Wildman–Crippen LogP) is 15.1. The molecule has 0 unspecified atom stereocenters. The minimum atomic E-state index is 0.730. The van der Waals surface area contributed by atoms with Crippen molar-refractivity contribution >= 4 is 76.9 Å². The fourth-order valence-electron chi connectivity index (χ4n) is 10.0. The third kappa shape index (κ3) is 5.34. The van der Waals surface area contributed by atoms with E-state index in [0.29, 0.717) is 0 Å². The molecule has 0 atom stereocenters. The number of allylic oxidation sites excluding steroid dienone is 2. The highest BCUT2D eigenvalue weighted by Crippen LogP contribution is 2.46. The number of para-hydroxylation sites is 3. The predicted molar refractivity (Wildman–Crippen MR) is 259 cm³/mol. The van der Waals surface area contributed by atoms with Gasteiger partial charge in [-0.3, -0.25) is 0 Å². The Kier molecular flexibility index (Phi) is 7.91. The van der Waals surface area contributed by atoms with Crippen LogP contribution in [0.2, 0.25) is 0 Å². The van der Waals surface area contributed by atoms with Crippen LogP contribution in [-0.4, -0.2) is 14.8 Å². The molecule has 0 amide bonds. The van der Waals surface area contributed by atoms with E-state index >= 15 is 0 Å². The van der Waals surface area contributed by atoms with Crippen molar-refractivity contribution in [2.45, 2.75) is 6.92 Å². The van der Waals surface area contributed by atoms with Crippen LogP contribution in [0.1, 0.15) is 29.2 Å². The first-order valence-corrected chi connectivity index (χ1v) is 20.9. The second-order valence-electron chi connectivity index (χ2n) is 16.0. The van der Waals surface area contributed by atoms with E-state index in [1.54, 1.807) is 0 Å². The van der Waals surface area contributed by atoms with Crippen molar-refractivity contribution in [3.05, 3.63) is 235 Å². The summed E-state index contributed by atoms with van der Waals surface area (Å²) >= 11 is 0. The van der Waals surface area contributed by atoms with Crippen molar-refractivity contribution in [2.24, 2.45) is 4.99 Å². The molecule has 0 bridgehead atoms. The van der Waals surface area contributed by atoms with Gasteiger partial charge in [-0.25, -0.2) is 4.99 Å². The summed E-state index contributed by atoms with van der Waals surface area (Å²) in [7, 11) is 0. The highest BCUT2D eigenvalue weighted by molar-refractivity contribution is 6.42. The van der Waals surface area contributed by atoms with Crippen LogP contribution in [0.3, 0.4) is 0 Å². The van der Waals surface area contributed by atoms with E-state index < -0.39 is 0 Å². The Balaban J connectivity index is 1.09. The van der Waals surface area contributed by atoms with Gasteiger partial charge in [0.25, 0.3) is 0 Å². The summed E-state index contributed by atoms with van der Waals surface area (Å²) in [5.74, 6) is 0. The Morgan fingerprint density at radius 1 is 0.410 bits per heavy atom. The monoisotopic (exact) mass is 777 g/mol. The summed E-state index contributed by atoms with van der Waals surface area (Å²) in [6, 6.07) is 74.3. The zero-order chi connectivity index (χ0) is 40.6. The zero-order valence-corrected chi connectivity index (χ0v) is 33.7. The fourth-order valence-corrected chi connectivity index (χ4v) is 10.0. The van der Waals surface area contributed by atoms with Crippen molar-refractivity contribution in [1.29, 1.82) is 0 Å². The third-order valence-corrected chi connectivity index (χ3v) is 12.6. The SMILES string of the molecule is C=C(N=C(C1=C(C)c2cccc3cccc1c23)c1cccc(-n2c3ccccc3c3c(-c4cccc5c4c4ccccc4n5-c4ccccc4)cccc32)c1)c1ccccc1. The minimum absolute atomic E-state index is 0.730. The van der Waals surface area contributed by atoms with E-state index in [4.69, 9.17) is 4.99 Å². The molecule has 0 spiro atoms. The van der Waals surface area contributed by atoms with Gasteiger partial charge >= 0.3 is 0 Å². The lowest BCUT2D eigenvalue weighted by molar-refractivity contribution is 1.18. The number of aliphatic imine (C=N–C) groups is 1. The molecule has 3 heteroatoms. The topological polar surface area (TPSA) is 22.2 Å². The highest BCUT2D eigenvalue weighted by Gasteiger charge is 2.27. The standard InChI is InChI=1S/C58H39N3/c1-37-44-28-14-20-40-21-15-31-49(55(40)44)54(37)58(59-38(2)39-18-5-3-6-19-39)41-22-13-25-43(36-41)61-51-33-12-10-27-48(51)57-46(30-17-35-53(57)61)45-29-16-34-52-56(45)47-26-9-11-32-50(47)60(52)42-23-7-4-8-24-42/h3-36H,2H2,1H3. The molecular weight excluding hydrogens is 739 g/mol. The lowest BCUT2D eigenvalue weighted by Crippen LogP contribution is -2.07. The lowest BCUT2D eigenvalue weighted by atomic mass is 9.94. The first-order chi connectivity index (χ1) is 30.1. The molecule has 0 N–H and O–H groups in total. The number of rotatable bonds is 7. The molecule has 0 saturated heterocycles. The van der Waals surface area contributed by atoms with Crippen molar-refractivity contribution in [2.75, 3.05) is 0 Å². The van der Waals surface area contributed by atoms with Gasteiger partial charge in [0.05, 0.1) is 33.5 Å². The lowest BCUT2D eigenvalue weighted by Gasteiger charge is -2.16. The summed E-state index contributed by atoms with van der Waals surface area (Å²) in [5, 5.41) is 7.46. The maximum Gasteiger partial charge on any atom is 0.0791 e. The van der Waals surface area contributed by atoms with Crippen LogP contribution >= 0.6 is 0 Å². The molecule has 1 aliphatic carbocycles. The van der Waals surface area contributed by atoms with Crippen LogP contribution in [0.25, 0.3) is 93.7 Å². The molecule has 61 heavy (non-hydrogen) atoms. The molecule has 0 aliphatic heterocycles. The Morgan fingerprint density at radius 2 is 0.885 bits per heavy atom. The van der Waals surface area contributed by atoms with Crippen LogP contribution in [0.15, 0.2) is 218 Å². The maximum atomic E-state index is 5.45. The number of hydrogen-bond acceptors (Lipinski definition) is 1. The fraction of sp³-hybridized carbons (Fsp3) is 0.0172. The normalized spacial score (nSPS) is 12.8. The summed E-state index contributed by atoms with van der Waals surface area (Å²) < 4.78 is 4.83. The van der Waals surface area contributed by atoms with Gasteiger partial charge in [-0.1, -0.05) is 164 Å². The smallest absolute Gasteiger partial charge is 0.0791 e. The van der Waals surface area contributed by atoms with E-state index in [2.05, 4.69) is 211 Å². The van der Waals surface area contributed by atoms with E-state index in [0.717, 1.165) is 50.5 Å². The van der Waals surface area contributed by atoms with Gasteiger partial charge in [-0.2, -0.15) is 0 Å². The number of benzene rings is 9. The molecule has 9 aromatic carbocycles. The van der Waals surface area contributed by atoms with Gasteiger partial charge in [-0.05, 0) is 99.6 Å². The van der Waals surface area contributed by atoms with Crippen LogP contribution in [-0.2, 0) is 0 Å². The molecule has 2 aromatic heterocycles. The van der Waals surface area contributed by atoms with Crippen molar-refractivity contribution < 1.29 is 0 Å². The van der Waals surface area contributed by atoms with E-state index in [1.807, 2.05) is 18.2 Å². The summed E-state index contributed by atoms with van der Waals surface area (Å²) in [6.45, 7) is 6.76. The minimum Gasteiger partial charge on any atom is -0.309 e. The zero-order valence-electron chi connectivity index (χ0n) is 33.7. The average molecular weight is 778 g/mol. The van der Waals surface area contributed by atoms with Gasteiger partial charge in [0.1, 0.15) is 0 Å². The van der Waals surface area contributed by atoms with Crippen molar-refractivity contribution in [3.63, 3.8) is 0 Å². The van der Waals surface area contributed by atoms with E-state index in [1.165, 1.54) is 71.2 Å². The molecule has 0 saturated carbocycles. The van der Waals surface area contributed by atoms with Crippen LogP contribution in [0, 0.1) is 0 Å². The molecule has 12 rings (SSSR count). The Labute approximate surface area is 354 Å². The molecule has 3 nitrogen and oxygen atoms in total. The first-order valence-electron chi connectivity index (χ1n) is 20.9.